The lowest BCUT2D eigenvalue weighted by atomic mass is 10.0. The van der Waals surface area contributed by atoms with Crippen LogP contribution in [-0.4, -0.2) is 43.7 Å². The molecular weight excluding hydrogens is 274 g/mol. The minimum Gasteiger partial charge on any atom is -0.389 e. The van der Waals surface area contributed by atoms with E-state index in [1.165, 1.54) is 0 Å². The van der Waals surface area contributed by atoms with Gasteiger partial charge in [-0.15, -0.1) is 0 Å². The first-order valence-electron chi connectivity index (χ1n) is 6.51. The van der Waals surface area contributed by atoms with Gasteiger partial charge in [0.15, 0.2) is 0 Å². The van der Waals surface area contributed by atoms with Gasteiger partial charge in [-0.05, 0) is 18.6 Å². The third-order valence-electron chi connectivity index (χ3n) is 3.47. The van der Waals surface area contributed by atoms with E-state index in [2.05, 4.69) is 5.32 Å². The normalized spacial score (nSPS) is 18.7. The maximum absolute atomic E-state index is 12.0. The van der Waals surface area contributed by atoms with Crippen LogP contribution in [-0.2, 0) is 9.53 Å². The van der Waals surface area contributed by atoms with E-state index in [-0.39, 0.29) is 11.9 Å². The first-order valence-corrected chi connectivity index (χ1v) is 6.92. The number of hydrogen-bond donors (Lipinski definition) is 2. The maximum Gasteiger partial charge on any atom is 0.244 e. The molecule has 1 aliphatic heterocycles. The number of nitrogens with zero attached hydrogens (tertiary/aromatic N) is 1. The molecule has 1 fully saturated rings. The molecule has 0 bridgehead atoms. The number of carbonyl (C=O) groups is 1. The van der Waals surface area contributed by atoms with E-state index >= 15 is 0 Å². The Kier molecular flexibility index (Phi) is 4.57. The number of thiocarbonyl (C=S) groups is 1. The Morgan fingerprint density at radius 1 is 1.55 bits per heavy atom. The van der Waals surface area contributed by atoms with Crippen LogP contribution in [0.25, 0.3) is 0 Å². The van der Waals surface area contributed by atoms with Gasteiger partial charge in [-0.3, -0.25) is 4.79 Å². The number of benzene rings is 1. The summed E-state index contributed by atoms with van der Waals surface area (Å²) < 4.78 is 5.43. The number of rotatable bonds is 3. The van der Waals surface area contributed by atoms with E-state index in [0.717, 1.165) is 16.8 Å². The molecule has 1 aliphatic rings. The minimum absolute atomic E-state index is 0.0677. The number of nitrogens with two attached hydrogens (primary N) is 1. The average Bonchev–Trinajstić information content (AvgIpc) is 2.46. The number of amides is 1. The molecule has 0 aliphatic carbocycles. The van der Waals surface area contributed by atoms with Crippen molar-refractivity contribution in [2.75, 3.05) is 31.7 Å². The summed E-state index contributed by atoms with van der Waals surface area (Å²) in [6.07, 6.45) is 0. The Hall–Kier alpha value is -1.66. The van der Waals surface area contributed by atoms with Crippen LogP contribution in [0.1, 0.15) is 11.1 Å². The van der Waals surface area contributed by atoms with Gasteiger partial charge >= 0.3 is 0 Å². The fourth-order valence-corrected chi connectivity index (χ4v) is 2.66. The highest BCUT2D eigenvalue weighted by atomic mass is 32.1. The molecule has 0 saturated carbocycles. The van der Waals surface area contributed by atoms with Gasteiger partial charge in [-0.25, -0.2) is 0 Å². The lowest BCUT2D eigenvalue weighted by Gasteiger charge is -2.38. The van der Waals surface area contributed by atoms with Crippen LogP contribution in [0.4, 0.5) is 5.69 Å². The van der Waals surface area contributed by atoms with Crippen LogP contribution in [0.5, 0.6) is 0 Å². The molecule has 1 amide bonds. The first-order chi connectivity index (χ1) is 9.56. The number of ether oxygens (including phenoxy) is 1. The number of aryl methyl sites for hydroxylation is 1. The van der Waals surface area contributed by atoms with Crippen LogP contribution in [0.15, 0.2) is 18.2 Å². The molecule has 6 heteroatoms. The fraction of sp³-hybridized carbons (Fsp3) is 0.429. The zero-order valence-electron chi connectivity index (χ0n) is 11.7. The van der Waals surface area contributed by atoms with Crippen molar-refractivity contribution >= 4 is 28.8 Å². The highest BCUT2D eigenvalue weighted by Crippen LogP contribution is 2.28. The number of carbonyl (C=O) groups excluding carboxylic acids is 1. The maximum atomic E-state index is 12.0. The summed E-state index contributed by atoms with van der Waals surface area (Å²) >= 11 is 5.13. The van der Waals surface area contributed by atoms with Gasteiger partial charge in [0, 0.05) is 19.2 Å². The molecule has 0 radical (unpaired) electrons. The summed E-state index contributed by atoms with van der Waals surface area (Å²) in [6, 6.07) is 5.44. The fourth-order valence-electron chi connectivity index (χ4n) is 2.49. The van der Waals surface area contributed by atoms with Gasteiger partial charge < -0.3 is 20.7 Å². The van der Waals surface area contributed by atoms with Gasteiger partial charge in [0.1, 0.15) is 11.0 Å². The van der Waals surface area contributed by atoms with E-state index in [1.807, 2.05) is 30.0 Å². The summed E-state index contributed by atoms with van der Waals surface area (Å²) in [7, 11) is 1.63. The van der Waals surface area contributed by atoms with Gasteiger partial charge in [-0.1, -0.05) is 24.4 Å². The summed E-state index contributed by atoms with van der Waals surface area (Å²) in [4.78, 5) is 14.4. The van der Waals surface area contributed by atoms with Crippen LogP contribution in [0, 0.1) is 6.92 Å². The molecule has 108 valence electrons. The summed E-state index contributed by atoms with van der Waals surface area (Å²) in [5.74, 6) is -0.0677. The van der Waals surface area contributed by atoms with Gasteiger partial charge in [-0.2, -0.15) is 0 Å². The summed E-state index contributed by atoms with van der Waals surface area (Å²) in [6.45, 7) is 3.58. The first kappa shape index (κ1) is 14.7. The SMILES string of the molecule is CNC(=O)C1COCCN1c1c(C)cccc1C(N)=S. The highest BCUT2D eigenvalue weighted by Gasteiger charge is 2.31. The van der Waals surface area contributed by atoms with Crippen molar-refractivity contribution in [1.82, 2.24) is 5.32 Å². The number of anilines is 1. The van der Waals surface area contributed by atoms with E-state index in [9.17, 15) is 4.79 Å². The molecule has 0 aromatic heterocycles. The smallest absolute Gasteiger partial charge is 0.244 e. The number of likely N-dealkylation sites (N-methyl/N-ethyl adjacent to an activating group) is 1. The topological polar surface area (TPSA) is 67.6 Å². The molecule has 1 aromatic carbocycles. The van der Waals surface area contributed by atoms with Crippen molar-refractivity contribution in [3.8, 4) is 0 Å². The third kappa shape index (κ3) is 2.76. The van der Waals surface area contributed by atoms with Gasteiger partial charge in [0.2, 0.25) is 5.91 Å². The Balaban J connectivity index is 2.47. The van der Waals surface area contributed by atoms with Crippen molar-refractivity contribution in [2.45, 2.75) is 13.0 Å². The van der Waals surface area contributed by atoms with E-state index in [1.54, 1.807) is 7.05 Å². The molecule has 5 nitrogen and oxygen atoms in total. The Labute approximate surface area is 124 Å². The van der Waals surface area contributed by atoms with Crippen molar-refractivity contribution in [2.24, 2.45) is 5.73 Å². The van der Waals surface area contributed by atoms with Crippen molar-refractivity contribution in [1.29, 1.82) is 0 Å². The minimum atomic E-state index is -0.358. The third-order valence-corrected chi connectivity index (χ3v) is 3.69. The van der Waals surface area contributed by atoms with Gasteiger partial charge in [0.05, 0.1) is 18.9 Å². The number of para-hydroxylation sites is 1. The van der Waals surface area contributed by atoms with Crippen molar-refractivity contribution in [3.63, 3.8) is 0 Å². The molecule has 20 heavy (non-hydrogen) atoms. The summed E-state index contributed by atoms with van der Waals surface area (Å²) in [5.41, 5.74) is 8.59. The number of morpholine rings is 1. The highest BCUT2D eigenvalue weighted by molar-refractivity contribution is 7.80. The van der Waals surface area contributed by atoms with Crippen molar-refractivity contribution in [3.05, 3.63) is 29.3 Å². The van der Waals surface area contributed by atoms with Crippen LogP contribution >= 0.6 is 12.2 Å². The zero-order chi connectivity index (χ0) is 14.7. The Bertz CT molecular complexity index is 533. The van der Waals surface area contributed by atoms with E-state index in [0.29, 0.717) is 24.7 Å². The molecule has 1 unspecified atom stereocenters. The number of nitrogens with one attached hydrogen (secondary N) is 1. The van der Waals surface area contributed by atoms with E-state index in [4.69, 9.17) is 22.7 Å². The Morgan fingerprint density at radius 3 is 2.95 bits per heavy atom. The molecular formula is C14H19N3O2S. The number of hydrogen-bond acceptors (Lipinski definition) is 4. The van der Waals surface area contributed by atoms with Crippen molar-refractivity contribution < 1.29 is 9.53 Å². The zero-order valence-corrected chi connectivity index (χ0v) is 12.5. The lowest BCUT2D eigenvalue weighted by Crippen LogP contribution is -2.54. The molecule has 1 saturated heterocycles. The van der Waals surface area contributed by atoms with Crippen LogP contribution in [0.2, 0.25) is 0 Å². The molecule has 1 aromatic rings. The molecule has 1 heterocycles. The largest absolute Gasteiger partial charge is 0.389 e. The second kappa shape index (κ2) is 6.19. The summed E-state index contributed by atoms with van der Waals surface area (Å²) in [5, 5.41) is 2.68. The standard InChI is InChI=1S/C14H19N3O2S/c1-9-4-3-5-10(13(15)20)12(9)17-6-7-19-8-11(17)14(18)16-2/h3-5,11H,6-8H2,1-2H3,(H2,15,20)(H,16,18). The molecule has 2 rings (SSSR count). The molecule has 0 spiro atoms. The molecule has 1 atom stereocenters. The average molecular weight is 293 g/mol. The Morgan fingerprint density at radius 2 is 2.30 bits per heavy atom. The second-order valence-electron chi connectivity index (χ2n) is 4.73. The predicted octanol–water partition coefficient (Wildman–Crippen LogP) is 0.580. The second-order valence-corrected chi connectivity index (χ2v) is 5.17. The van der Waals surface area contributed by atoms with Crippen LogP contribution in [0.3, 0.4) is 0 Å². The quantitative estimate of drug-likeness (QED) is 0.798. The van der Waals surface area contributed by atoms with Gasteiger partial charge in [0.25, 0.3) is 0 Å². The molecule has 3 N–H and O–H groups in total. The van der Waals surface area contributed by atoms with Crippen LogP contribution < -0.4 is 16.0 Å². The van der Waals surface area contributed by atoms with E-state index < -0.39 is 0 Å². The monoisotopic (exact) mass is 293 g/mol. The lowest BCUT2D eigenvalue weighted by molar-refractivity contribution is -0.124. The predicted molar refractivity (Wildman–Crippen MR) is 83.1 cm³/mol.